The normalized spacial score (nSPS) is 27.9. The molecule has 5 nitrogen and oxygen atoms in total. The van der Waals surface area contributed by atoms with Crippen LogP contribution in [-0.2, 0) is 4.79 Å². The summed E-state index contributed by atoms with van der Waals surface area (Å²) in [5.41, 5.74) is 2.36. The minimum atomic E-state index is -2.73. The zero-order valence-electron chi connectivity index (χ0n) is 14.4. The van der Waals surface area contributed by atoms with E-state index >= 15 is 0 Å². The third kappa shape index (κ3) is 2.74. The largest absolute Gasteiger partial charge is 0.368 e. The van der Waals surface area contributed by atoms with Gasteiger partial charge < -0.3 is 9.80 Å². The van der Waals surface area contributed by atoms with E-state index < -0.39 is 19.0 Å². The van der Waals surface area contributed by atoms with E-state index in [0.29, 0.717) is 13.1 Å². The summed E-state index contributed by atoms with van der Waals surface area (Å²) >= 11 is 0. The Bertz CT molecular complexity index is 884. The lowest BCUT2D eigenvalue weighted by molar-refractivity contribution is -0.167. The number of piperidine rings is 1. The lowest BCUT2D eigenvalue weighted by Crippen LogP contribution is -2.59. The highest BCUT2D eigenvalue weighted by Crippen LogP contribution is 2.54. The molecule has 0 N–H and O–H groups in total. The van der Waals surface area contributed by atoms with E-state index in [1.54, 1.807) is 18.3 Å². The molecule has 0 radical (unpaired) electrons. The fraction of sp³-hybridized carbons (Fsp3) is 0.421. The van der Waals surface area contributed by atoms with E-state index in [2.05, 4.69) is 14.9 Å². The standard InChI is InChI=1S/C19H17F3N4O/c20-12-3-1-11(2-4-12)17-15(5-23-10-24-17)25-6-13-14(7-25)16(13)18(27)26-8-19(21,22)9-26/h1-5,10,13-14,16H,6-9H2/t13-,14+,16+. The summed E-state index contributed by atoms with van der Waals surface area (Å²) in [4.78, 5) is 24.2. The third-order valence-electron chi connectivity index (χ3n) is 5.79. The zero-order chi connectivity index (χ0) is 18.8. The van der Waals surface area contributed by atoms with Gasteiger partial charge in [0.15, 0.2) is 0 Å². The SMILES string of the molecule is O=C([C@H]1[C@@H]2CN(c3cncnc3-c3ccc(F)cc3)C[C@@H]21)N1CC(F)(F)C1. The molecule has 8 heteroatoms. The van der Waals surface area contributed by atoms with Crippen molar-refractivity contribution in [2.24, 2.45) is 17.8 Å². The van der Waals surface area contributed by atoms with Gasteiger partial charge in [-0.15, -0.1) is 0 Å². The average Bonchev–Trinajstić information content (AvgIpc) is 3.13. The number of hydrogen-bond acceptors (Lipinski definition) is 4. The van der Waals surface area contributed by atoms with E-state index in [1.165, 1.54) is 23.4 Å². The van der Waals surface area contributed by atoms with Crippen molar-refractivity contribution in [3.8, 4) is 11.3 Å². The minimum Gasteiger partial charge on any atom is -0.368 e. The summed E-state index contributed by atoms with van der Waals surface area (Å²) in [6.07, 6.45) is 3.18. The molecule has 27 heavy (non-hydrogen) atoms. The van der Waals surface area contributed by atoms with Crippen LogP contribution < -0.4 is 4.90 Å². The molecule has 1 aromatic heterocycles. The van der Waals surface area contributed by atoms with Crippen LogP contribution in [0.2, 0.25) is 0 Å². The first-order chi connectivity index (χ1) is 12.9. The Labute approximate surface area is 153 Å². The second-order valence-electron chi connectivity index (χ2n) is 7.57. The lowest BCUT2D eigenvalue weighted by Gasteiger charge is -2.39. The van der Waals surface area contributed by atoms with Crippen LogP contribution in [0.4, 0.5) is 18.9 Å². The van der Waals surface area contributed by atoms with Crippen LogP contribution in [0.1, 0.15) is 0 Å². The van der Waals surface area contributed by atoms with Crippen molar-refractivity contribution >= 4 is 11.6 Å². The Hall–Kier alpha value is -2.64. The third-order valence-corrected chi connectivity index (χ3v) is 5.79. The summed E-state index contributed by atoms with van der Waals surface area (Å²) in [7, 11) is 0. The van der Waals surface area contributed by atoms with E-state index in [1.807, 2.05) is 0 Å². The maximum absolute atomic E-state index is 13.2. The number of likely N-dealkylation sites (tertiary alicyclic amines) is 1. The predicted molar refractivity (Wildman–Crippen MR) is 91.6 cm³/mol. The van der Waals surface area contributed by atoms with Crippen molar-refractivity contribution < 1.29 is 18.0 Å². The summed E-state index contributed by atoms with van der Waals surface area (Å²) in [6, 6.07) is 6.13. The van der Waals surface area contributed by atoms with Gasteiger partial charge in [-0.05, 0) is 36.1 Å². The number of halogens is 3. The number of fused-ring (bicyclic) bond motifs is 1. The van der Waals surface area contributed by atoms with Crippen LogP contribution >= 0.6 is 0 Å². The molecule has 2 aliphatic heterocycles. The quantitative estimate of drug-likeness (QED) is 0.828. The highest BCUT2D eigenvalue weighted by atomic mass is 19.3. The Kier molecular flexibility index (Phi) is 3.47. The monoisotopic (exact) mass is 374 g/mol. The maximum Gasteiger partial charge on any atom is 0.282 e. The summed E-state index contributed by atoms with van der Waals surface area (Å²) in [6.45, 7) is 0.444. The minimum absolute atomic E-state index is 0.140. The van der Waals surface area contributed by atoms with Crippen LogP contribution in [0, 0.1) is 23.6 Å². The average molecular weight is 374 g/mol. The molecule has 3 atom stereocenters. The van der Waals surface area contributed by atoms with Crippen molar-refractivity contribution in [3.05, 3.63) is 42.6 Å². The van der Waals surface area contributed by atoms with Crippen molar-refractivity contribution in [2.45, 2.75) is 5.92 Å². The zero-order valence-corrected chi connectivity index (χ0v) is 14.4. The number of nitrogens with zero attached hydrogens (tertiary/aromatic N) is 4. The fourth-order valence-corrected chi connectivity index (χ4v) is 4.35. The van der Waals surface area contributed by atoms with Crippen molar-refractivity contribution in [3.63, 3.8) is 0 Å². The molecule has 1 saturated carbocycles. The van der Waals surface area contributed by atoms with Gasteiger partial charge in [-0.25, -0.2) is 23.1 Å². The molecule has 0 bridgehead atoms. The van der Waals surface area contributed by atoms with Gasteiger partial charge in [-0.3, -0.25) is 4.79 Å². The number of alkyl halides is 2. The molecular formula is C19H17F3N4O. The first kappa shape index (κ1) is 16.5. The number of carbonyl (C=O) groups is 1. The number of carbonyl (C=O) groups excluding carboxylic acids is 1. The number of rotatable bonds is 3. The smallest absolute Gasteiger partial charge is 0.282 e. The first-order valence-electron chi connectivity index (χ1n) is 8.90. The number of aromatic nitrogens is 2. The van der Waals surface area contributed by atoms with Crippen LogP contribution in [0.15, 0.2) is 36.8 Å². The summed E-state index contributed by atoms with van der Waals surface area (Å²) in [5.74, 6) is -2.94. The number of anilines is 1. The number of benzene rings is 1. The second kappa shape index (κ2) is 5.68. The van der Waals surface area contributed by atoms with Crippen molar-refractivity contribution in [1.29, 1.82) is 0 Å². The molecule has 3 fully saturated rings. The molecule has 1 aliphatic carbocycles. The Balaban J connectivity index is 1.30. The van der Waals surface area contributed by atoms with Gasteiger partial charge in [-0.1, -0.05) is 0 Å². The molecule has 140 valence electrons. The molecule has 0 spiro atoms. The van der Waals surface area contributed by atoms with Crippen LogP contribution in [0.25, 0.3) is 11.3 Å². The fourth-order valence-electron chi connectivity index (χ4n) is 4.35. The molecular weight excluding hydrogens is 357 g/mol. The highest BCUT2D eigenvalue weighted by molar-refractivity contribution is 5.84. The number of hydrogen-bond donors (Lipinski definition) is 0. The second-order valence-corrected chi connectivity index (χ2v) is 7.57. The topological polar surface area (TPSA) is 49.3 Å². The Morgan fingerprint density at radius 1 is 1.11 bits per heavy atom. The van der Waals surface area contributed by atoms with Crippen LogP contribution in [0.5, 0.6) is 0 Å². The van der Waals surface area contributed by atoms with Crippen LogP contribution in [0.3, 0.4) is 0 Å². The van der Waals surface area contributed by atoms with Gasteiger partial charge in [0, 0.05) is 24.6 Å². The molecule has 3 aliphatic rings. The van der Waals surface area contributed by atoms with E-state index in [0.717, 1.165) is 16.9 Å². The molecule has 1 aromatic carbocycles. The van der Waals surface area contributed by atoms with Crippen molar-refractivity contribution in [2.75, 3.05) is 31.1 Å². The molecule has 5 rings (SSSR count). The maximum atomic E-state index is 13.2. The van der Waals surface area contributed by atoms with Gasteiger partial charge in [0.2, 0.25) is 5.91 Å². The molecule has 1 amide bonds. The molecule has 2 saturated heterocycles. The predicted octanol–water partition coefficient (Wildman–Crippen LogP) is 2.44. The Morgan fingerprint density at radius 2 is 1.78 bits per heavy atom. The van der Waals surface area contributed by atoms with E-state index in [4.69, 9.17) is 0 Å². The van der Waals surface area contributed by atoms with E-state index in [-0.39, 0.29) is 29.5 Å². The van der Waals surface area contributed by atoms with Gasteiger partial charge in [0.05, 0.1) is 30.7 Å². The highest BCUT2D eigenvalue weighted by Gasteiger charge is 2.62. The molecule has 3 heterocycles. The van der Waals surface area contributed by atoms with Crippen molar-refractivity contribution in [1.82, 2.24) is 14.9 Å². The lowest BCUT2D eigenvalue weighted by atomic mass is 10.1. The van der Waals surface area contributed by atoms with Crippen LogP contribution in [-0.4, -0.2) is 52.9 Å². The summed E-state index contributed by atoms with van der Waals surface area (Å²) < 4.78 is 39.2. The first-order valence-corrected chi connectivity index (χ1v) is 8.90. The number of amides is 1. The van der Waals surface area contributed by atoms with Gasteiger partial charge in [-0.2, -0.15) is 0 Å². The van der Waals surface area contributed by atoms with E-state index in [9.17, 15) is 18.0 Å². The van der Waals surface area contributed by atoms with Gasteiger partial charge >= 0.3 is 0 Å². The molecule has 2 aromatic rings. The summed E-state index contributed by atoms with van der Waals surface area (Å²) in [5, 5.41) is 0. The van der Waals surface area contributed by atoms with Gasteiger partial charge in [0.1, 0.15) is 12.1 Å². The Morgan fingerprint density at radius 3 is 2.41 bits per heavy atom. The molecule has 0 unspecified atom stereocenters. The van der Waals surface area contributed by atoms with Gasteiger partial charge in [0.25, 0.3) is 5.92 Å².